The predicted octanol–water partition coefficient (Wildman–Crippen LogP) is 2.66. The maximum Gasteiger partial charge on any atom is 0.191 e. The van der Waals surface area contributed by atoms with Gasteiger partial charge in [-0.05, 0) is 58.6 Å². The molecular weight excluding hydrogens is 493 g/mol. The Morgan fingerprint density at radius 2 is 1.67 bits per heavy atom. The number of benzene rings is 1. The van der Waals surface area contributed by atoms with E-state index in [4.69, 9.17) is 14.5 Å². The topological polar surface area (TPSA) is 61.4 Å². The third-order valence-corrected chi connectivity index (χ3v) is 4.38. The van der Waals surface area contributed by atoms with Gasteiger partial charge in [0.2, 0.25) is 0 Å². The van der Waals surface area contributed by atoms with Crippen molar-refractivity contribution in [3.8, 4) is 5.75 Å². The lowest BCUT2D eigenvalue weighted by Crippen LogP contribution is -2.41. The molecule has 0 saturated carbocycles. The van der Waals surface area contributed by atoms with Gasteiger partial charge in [0.25, 0.3) is 0 Å². The SMILES string of the molecule is CCNC(=NCc1ccc(OCCCN(C)C)cc1)NCCN(C)CCCOC.I. The number of nitrogens with one attached hydrogen (secondary N) is 2. The van der Waals surface area contributed by atoms with E-state index in [2.05, 4.69) is 60.6 Å². The number of aliphatic imine (C=N–C) groups is 1. The van der Waals surface area contributed by atoms with Crippen LogP contribution in [0.5, 0.6) is 5.75 Å². The van der Waals surface area contributed by atoms with Crippen LogP contribution in [0, 0.1) is 0 Å². The molecule has 1 rings (SSSR count). The number of rotatable bonds is 15. The lowest BCUT2D eigenvalue weighted by molar-refractivity contribution is 0.180. The molecule has 0 bridgehead atoms. The fraction of sp³-hybridized carbons (Fsp3) is 0.682. The molecule has 0 unspecified atom stereocenters. The normalized spacial score (nSPS) is 11.5. The number of hydrogen-bond acceptors (Lipinski definition) is 5. The Bertz CT molecular complexity index is 555. The fourth-order valence-corrected chi connectivity index (χ4v) is 2.73. The van der Waals surface area contributed by atoms with Crippen LogP contribution in [-0.4, -0.2) is 89.9 Å². The largest absolute Gasteiger partial charge is 0.494 e. The van der Waals surface area contributed by atoms with Crippen molar-refractivity contribution in [2.24, 2.45) is 4.99 Å². The highest BCUT2D eigenvalue weighted by Crippen LogP contribution is 2.13. The minimum Gasteiger partial charge on any atom is -0.494 e. The van der Waals surface area contributed by atoms with Crippen molar-refractivity contribution in [1.29, 1.82) is 0 Å². The summed E-state index contributed by atoms with van der Waals surface area (Å²) in [6.45, 7) is 9.00. The van der Waals surface area contributed by atoms with Crippen LogP contribution in [-0.2, 0) is 11.3 Å². The van der Waals surface area contributed by atoms with Crippen LogP contribution in [0.1, 0.15) is 25.3 Å². The van der Waals surface area contributed by atoms with Crippen molar-refractivity contribution >= 4 is 29.9 Å². The van der Waals surface area contributed by atoms with Crippen molar-refractivity contribution in [1.82, 2.24) is 20.4 Å². The molecule has 0 heterocycles. The molecule has 0 aliphatic rings. The first-order valence-corrected chi connectivity index (χ1v) is 10.6. The van der Waals surface area contributed by atoms with Crippen molar-refractivity contribution in [3.63, 3.8) is 0 Å². The van der Waals surface area contributed by atoms with Gasteiger partial charge >= 0.3 is 0 Å². The molecule has 0 fully saturated rings. The Morgan fingerprint density at radius 3 is 2.30 bits per heavy atom. The monoisotopic (exact) mass is 535 g/mol. The summed E-state index contributed by atoms with van der Waals surface area (Å²) in [4.78, 5) is 9.16. The second-order valence-corrected chi connectivity index (χ2v) is 7.42. The zero-order chi connectivity index (χ0) is 21.3. The molecule has 0 atom stereocenters. The molecule has 7 nitrogen and oxygen atoms in total. The Hall–Kier alpha value is -1.10. The Morgan fingerprint density at radius 1 is 0.967 bits per heavy atom. The first kappa shape index (κ1) is 28.9. The van der Waals surface area contributed by atoms with E-state index < -0.39 is 0 Å². The Labute approximate surface area is 200 Å². The number of likely N-dealkylation sites (N-methyl/N-ethyl adjacent to an activating group) is 1. The number of methoxy groups -OCH3 is 1. The second-order valence-electron chi connectivity index (χ2n) is 7.42. The van der Waals surface area contributed by atoms with E-state index in [-0.39, 0.29) is 24.0 Å². The van der Waals surface area contributed by atoms with E-state index in [1.54, 1.807) is 7.11 Å². The highest BCUT2D eigenvalue weighted by atomic mass is 127. The van der Waals surface area contributed by atoms with Gasteiger partial charge < -0.3 is 29.9 Å². The van der Waals surface area contributed by atoms with Crippen LogP contribution < -0.4 is 15.4 Å². The molecule has 30 heavy (non-hydrogen) atoms. The van der Waals surface area contributed by atoms with Gasteiger partial charge in [0, 0.05) is 46.4 Å². The maximum absolute atomic E-state index is 5.79. The van der Waals surface area contributed by atoms with E-state index in [1.165, 1.54) is 5.56 Å². The average Bonchev–Trinajstić information content (AvgIpc) is 2.70. The minimum atomic E-state index is 0. The molecule has 0 radical (unpaired) electrons. The molecule has 174 valence electrons. The van der Waals surface area contributed by atoms with Crippen molar-refractivity contribution in [2.45, 2.75) is 26.3 Å². The van der Waals surface area contributed by atoms with Crippen LogP contribution in [0.25, 0.3) is 0 Å². The Balaban J connectivity index is 0.00000841. The molecule has 0 aromatic heterocycles. The summed E-state index contributed by atoms with van der Waals surface area (Å²) in [6, 6.07) is 8.21. The smallest absolute Gasteiger partial charge is 0.191 e. The van der Waals surface area contributed by atoms with Crippen LogP contribution in [0.3, 0.4) is 0 Å². The standard InChI is InChI=1S/C22H41N5O2.HI/c1-6-23-22(24-13-16-27(4)15-8-17-28-5)25-19-20-9-11-21(12-10-20)29-18-7-14-26(2)3;/h9-12H,6-8,13-19H2,1-5H3,(H2,23,24,25);1H. The molecule has 0 amide bonds. The number of ether oxygens (including phenoxy) is 2. The summed E-state index contributed by atoms with van der Waals surface area (Å²) in [7, 11) is 8.03. The summed E-state index contributed by atoms with van der Waals surface area (Å²) >= 11 is 0. The van der Waals surface area contributed by atoms with Gasteiger partial charge in [-0.1, -0.05) is 12.1 Å². The molecule has 8 heteroatoms. The van der Waals surface area contributed by atoms with Crippen LogP contribution >= 0.6 is 24.0 Å². The van der Waals surface area contributed by atoms with Crippen molar-refractivity contribution in [2.75, 3.05) is 74.2 Å². The molecule has 0 aliphatic heterocycles. The first-order chi connectivity index (χ1) is 14.0. The molecule has 0 aliphatic carbocycles. The van der Waals surface area contributed by atoms with Gasteiger partial charge in [0.15, 0.2) is 5.96 Å². The third kappa shape index (κ3) is 14.8. The van der Waals surface area contributed by atoms with Gasteiger partial charge in [-0.15, -0.1) is 24.0 Å². The highest BCUT2D eigenvalue weighted by Gasteiger charge is 2.01. The van der Waals surface area contributed by atoms with Gasteiger partial charge in [-0.2, -0.15) is 0 Å². The molecule has 0 spiro atoms. The molecule has 2 N–H and O–H groups in total. The predicted molar refractivity (Wildman–Crippen MR) is 137 cm³/mol. The van der Waals surface area contributed by atoms with Crippen LogP contribution in [0.15, 0.2) is 29.3 Å². The quantitative estimate of drug-likeness (QED) is 0.156. The summed E-state index contributed by atoms with van der Waals surface area (Å²) < 4.78 is 10.9. The van der Waals surface area contributed by atoms with E-state index in [1.807, 2.05) is 12.1 Å². The third-order valence-electron chi connectivity index (χ3n) is 4.38. The van der Waals surface area contributed by atoms with E-state index in [0.717, 1.165) is 70.5 Å². The van der Waals surface area contributed by atoms with Gasteiger partial charge in [-0.3, -0.25) is 0 Å². The average molecular weight is 536 g/mol. The number of nitrogens with zero attached hydrogens (tertiary/aromatic N) is 3. The lowest BCUT2D eigenvalue weighted by atomic mass is 10.2. The zero-order valence-electron chi connectivity index (χ0n) is 19.4. The number of hydrogen-bond donors (Lipinski definition) is 2. The summed E-state index contributed by atoms with van der Waals surface area (Å²) in [5.74, 6) is 1.76. The van der Waals surface area contributed by atoms with Gasteiger partial charge in [-0.25, -0.2) is 4.99 Å². The summed E-state index contributed by atoms with van der Waals surface area (Å²) in [5.41, 5.74) is 1.17. The number of halogens is 1. The van der Waals surface area contributed by atoms with Gasteiger partial charge in [0.05, 0.1) is 13.2 Å². The van der Waals surface area contributed by atoms with Crippen LogP contribution in [0.2, 0.25) is 0 Å². The maximum atomic E-state index is 5.79. The number of guanidine groups is 1. The fourth-order valence-electron chi connectivity index (χ4n) is 2.73. The lowest BCUT2D eigenvalue weighted by Gasteiger charge is -2.18. The Kier molecular flexibility index (Phi) is 18.0. The minimum absolute atomic E-state index is 0. The van der Waals surface area contributed by atoms with Crippen molar-refractivity contribution in [3.05, 3.63) is 29.8 Å². The molecule has 0 saturated heterocycles. The van der Waals surface area contributed by atoms with Gasteiger partial charge in [0.1, 0.15) is 5.75 Å². The molecular formula is C22H42IN5O2. The van der Waals surface area contributed by atoms with E-state index >= 15 is 0 Å². The second kappa shape index (κ2) is 18.7. The van der Waals surface area contributed by atoms with E-state index in [9.17, 15) is 0 Å². The molecule has 1 aromatic carbocycles. The summed E-state index contributed by atoms with van der Waals surface area (Å²) in [6.07, 6.45) is 2.08. The highest BCUT2D eigenvalue weighted by molar-refractivity contribution is 14.0. The summed E-state index contributed by atoms with van der Waals surface area (Å²) in [5, 5.41) is 6.71. The zero-order valence-corrected chi connectivity index (χ0v) is 21.8. The van der Waals surface area contributed by atoms with Crippen molar-refractivity contribution < 1.29 is 9.47 Å². The van der Waals surface area contributed by atoms with E-state index in [0.29, 0.717) is 6.54 Å². The van der Waals surface area contributed by atoms with Crippen LogP contribution in [0.4, 0.5) is 0 Å². The first-order valence-electron chi connectivity index (χ1n) is 10.6. The molecule has 1 aromatic rings.